The second-order valence-corrected chi connectivity index (χ2v) is 9.99. The fourth-order valence-electron chi connectivity index (χ4n) is 3.38. The highest BCUT2D eigenvalue weighted by Gasteiger charge is 2.40. The average molecular weight is 506 g/mol. The number of rotatable bonds is 5. The van der Waals surface area contributed by atoms with Crippen LogP contribution in [0, 0.1) is 0 Å². The molecule has 1 aliphatic rings. The lowest BCUT2D eigenvalue weighted by Gasteiger charge is -2.37. The summed E-state index contributed by atoms with van der Waals surface area (Å²) in [5, 5.41) is 2.05. The van der Waals surface area contributed by atoms with E-state index in [0.717, 1.165) is 22.4 Å². The number of carbonyl (C=O) groups excluding carboxylic acids is 1. The van der Waals surface area contributed by atoms with Gasteiger partial charge in [-0.1, -0.05) is 30.7 Å². The molecule has 0 bridgehead atoms. The summed E-state index contributed by atoms with van der Waals surface area (Å²) < 4.78 is 70.7. The molecule has 7 nitrogen and oxygen atoms in total. The van der Waals surface area contributed by atoms with Gasteiger partial charge >= 0.3 is 12.3 Å². The molecule has 1 amide bonds. The minimum atomic E-state index is -4.65. The first-order valence-electron chi connectivity index (χ1n) is 10.1. The van der Waals surface area contributed by atoms with Crippen molar-refractivity contribution < 1.29 is 31.1 Å². The summed E-state index contributed by atoms with van der Waals surface area (Å²) in [4.78, 5) is 11.8. The largest absolute Gasteiger partial charge is 0.428 e. The molecule has 0 aromatic heterocycles. The molecule has 33 heavy (non-hydrogen) atoms. The summed E-state index contributed by atoms with van der Waals surface area (Å²) >= 11 is 5.85. The zero-order valence-electron chi connectivity index (χ0n) is 17.7. The van der Waals surface area contributed by atoms with Crippen LogP contribution in [0.4, 0.5) is 23.7 Å². The number of halogens is 4. The minimum absolute atomic E-state index is 0.00727. The van der Waals surface area contributed by atoms with Gasteiger partial charge in [0, 0.05) is 31.6 Å². The molecule has 1 aliphatic heterocycles. The maximum atomic E-state index is 12.9. The van der Waals surface area contributed by atoms with Crippen LogP contribution >= 0.6 is 11.6 Å². The van der Waals surface area contributed by atoms with Crippen molar-refractivity contribution in [2.45, 2.75) is 43.0 Å². The molecule has 12 heteroatoms. The molecule has 0 radical (unpaired) electrons. The molecule has 1 fully saturated rings. The number of amides is 1. The van der Waals surface area contributed by atoms with Gasteiger partial charge in [-0.15, -0.1) is 0 Å². The van der Waals surface area contributed by atoms with E-state index in [2.05, 4.69) is 5.32 Å². The first kappa shape index (κ1) is 25.3. The van der Waals surface area contributed by atoms with E-state index >= 15 is 0 Å². The Morgan fingerprint density at radius 1 is 1.18 bits per heavy atom. The number of benzene rings is 2. The number of alkyl halides is 3. The third-order valence-electron chi connectivity index (χ3n) is 5.35. The maximum absolute atomic E-state index is 12.9. The zero-order chi connectivity index (χ0) is 24.4. The summed E-state index contributed by atoms with van der Waals surface area (Å²) in [6.45, 7) is 1.80. The van der Waals surface area contributed by atoms with Gasteiger partial charge in [0.15, 0.2) is 5.72 Å². The van der Waals surface area contributed by atoms with Gasteiger partial charge in [0.1, 0.15) is 4.90 Å². The Kier molecular flexibility index (Phi) is 7.27. The minimum Gasteiger partial charge on any atom is -0.428 e. The number of hydrogen-bond donors (Lipinski definition) is 2. The normalized spacial score (nSPS) is 16.9. The van der Waals surface area contributed by atoms with Crippen LogP contribution in [0.15, 0.2) is 47.4 Å². The number of nitrogens with two attached hydrogens (primary N) is 1. The van der Waals surface area contributed by atoms with E-state index in [-0.39, 0.29) is 25.9 Å². The highest BCUT2D eigenvalue weighted by atomic mass is 35.5. The number of nitrogens with one attached hydrogen (secondary N) is 1. The van der Waals surface area contributed by atoms with Crippen molar-refractivity contribution >= 4 is 33.4 Å². The molecular formula is C21H23ClF3N3O4S. The monoisotopic (exact) mass is 505 g/mol. The van der Waals surface area contributed by atoms with Crippen LogP contribution < -0.4 is 11.1 Å². The quantitative estimate of drug-likeness (QED) is 0.578. The highest BCUT2D eigenvalue weighted by Crippen LogP contribution is 2.35. The molecule has 0 aliphatic carbocycles. The summed E-state index contributed by atoms with van der Waals surface area (Å²) in [7, 11) is -4.17. The number of carbonyl (C=O) groups is 1. The Hall–Kier alpha value is -2.34. The molecule has 180 valence electrons. The van der Waals surface area contributed by atoms with Gasteiger partial charge in [-0.05, 0) is 42.3 Å². The van der Waals surface area contributed by atoms with Gasteiger partial charge < -0.3 is 4.74 Å². The van der Waals surface area contributed by atoms with E-state index in [1.54, 1.807) is 12.1 Å². The SMILES string of the molecule is CCc1ccc(NC(=O)OC2(N)CCN(S(=O)(=O)c3ccc(C(F)(F)F)cc3Cl)CC2)cc1. The van der Waals surface area contributed by atoms with Crippen molar-refractivity contribution in [2.75, 3.05) is 18.4 Å². The van der Waals surface area contributed by atoms with Gasteiger partial charge in [0.2, 0.25) is 10.0 Å². The number of nitrogens with zero attached hydrogens (tertiary/aromatic N) is 1. The second kappa shape index (κ2) is 9.49. The molecule has 0 saturated carbocycles. The average Bonchev–Trinajstić information content (AvgIpc) is 2.73. The lowest BCUT2D eigenvalue weighted by Crippen LogP contribution is -2.54. The molecular weight excluding hydrogens is 483 g/mol. The molecule has 2 aromatic rings. The predicted molar refractivity (Wildman–Crippen MR) is 117 cm³/mol. The summed E-state index contributed by atoms with van der Waals surface area (Å²) in [5.74, 6) is 0. The standard InChI is InChI=1S/C21H23ClF3N3O4S/c1-2-14-3-6-16(7-4-14)27-19(29)32-20(26)9-11-28(12-10-20)33(30,31)18-8-5-15(13-17(18)22)21(23,24)25/h3-8,13H,2,9-12,26H2,1H3,(H,27,29). The van der Waals surface area contributed by atoms with Crippen LogP contribution in [0.25, 0.3) is 0 Å². The van der Waals surface area contributed by atoms with E-state index in [1.165, 1.54) is 0 Å². The van der Waals surface area contributed by atoms with Crippen molar-refractivity contribution in [2.24, 2.45) is 5.73 Å². The van der Waals surface area contributed by atoms with E-state index in [1.807, 2.05) is 19.1 Å². The molecule has 0 atom stereocenters. The first-order valence-corrected chi connectivity index (χ1v) is 11.9. The Morgan fingerprint density at radius 2 is 1.79 bits per heavy atom. The van der Waals surface area contributed by atoms with Gasteiger partial charge in [-0.2, -0.15) is 17.5 Å². The summed E-state index contributed by atoms with van der Waals surface area (Å²) in [6.07, 6.45) is -4.58. The topological polar surface area (TPSA) is 102 Å². The zero-order valence-corrected chi connectivity index (χ0v) is 19.2. The van der Waals surface area contributed by atoms with Gasteiger partial charge in [-0.3, -0.25) is 11.1 Å². The molecule has 1 heterocycles. The molecule has 0 unspecified atom stereocenters. The third kappa shape index (κ3) is 5.97. The van der Waals surface area contributed by atoms with Crippen LogP contribution in [-0.4, -0.2) is 37.6 Å². The molecule has 0 spiro atoms. The molecule has 1 saturated heterocycles. The van der Waals surface area contributed by atoms with Crippen LogP contribution in [0.2, 0.25) is 5.02 Å². The lowest BCUT2D eigenvalue weighted by atomic mass is 10.0. The number of piperidine rings is 1. The Labute approximate surface area is 194 Å². The van der Waals surface area contributed by atoms with Crippen LogP contribution in [0.1, 0.15) is 30.9 Å². The number of aryl methyl sites for hydroxylation is 1. The number of anilines is 1. The summed E-state index contributed by atoms with van der Waals surface area (Å²) in [5.41, 5.74) is 5.33. The van der Waals surface area contributed by atoms with Gasteiger partial charge in [0.25, 0.3) is 0 Å². The van der Waals surface area contributed by atoms with Crippen LogP contribution in [-0.2, 0) is 27.4 Å². The van der Waals surface area contributed by atoms with Crippen molar-refractivity contribution in [1.82, 2.24) is 4.31 Å². The lowest BCUT2D eigenvalue weighted by molar-refractivity contribution is -0.137. The maximum Gasteiger partial charge on any atom is 0.416 e. The predicted octanol–water partition coefficient (Wildman–Crippen LogP) is 4.61. The Balaban J connectivity index is 1.63. The fourth-order valence-corrected chi connectivity index (χ4v) is 5.34. The second-order valence-electron chi connectivity index (χ2n) is 7.68. The molecule has 2 aromatic carbocycles. The van der Waals surface area contributed by atoms with Crippen molar-refractivity contribution in [3.8, 4) is 0 Å². The van der Waals surface area contributed by atoms with E-state index in [0.29, 0.717) is 17.8 Å². The fraction of sp³-hybridized carbons (Fsp3) is 0.381. The van der Waals surface area contributed by atoms with Crippen molar-refractivity contribution in [1.29, 1.82) is 0 Å². The van der Waals surface area contributed by atoms with Gasteiger partial charge in [0.05, 0.1) is 10.6 Å². The smallest absolute Gasteiger partial charge is 0.416 e. The number of sulfonamides is 1. The number of ether oxygens (including phenoxy) is 1. The third-order valence-corrected chi connectivity index (χ3v) is 7.73. The van der Waals surface area contributed by atoms with Crippen LogP contribution in [0.3, 0.4) is 0 Å². The molecule has 3 rings (SSSR count). The first-order chi connectivity index (χ1) is 15.3. The number of hydrogen-bond acceptors (Lipinski definition) is 5. The van der Waals surface area contributed by atoms with E-state index in [4.69, 9.17) is 22.1 Å². The Bertz CT molecular complexity index is 1120. The molecule has 3 N–H and O–H groups in total. The van der Waals surface area contributed by atoms with E-state index < -0.39 is 43.5 Å². The van der Waals surface area contributed by atoms with E-state index in [9.17, 15) is 26.4 Å². The van der Waals surface area contributed by atoms with Gasteiger partial charge in [-0.25, -0.2) is 13.2 Å². The highest BCUT2D eigenvalue weighted by molar-refractivity contribution is 7.89. The van der Waals surface area contributed by atoms with Crippen molar-refractivity contribution in [3.63, 3.8) is 0 Å². The van der Waals surface area contributed by atoms with Crippen LogP contribution in [0.5, 0.6) is 0 Å². The van der Waals surface area contributed by atoms with Crippen molar-refractivity contribution in [3.05, 3.63) is 58.6 Å². The summed E-state index contributed by atoms with van der Waals surface area (Å²) in [6, 6.07) is 9.26. The Morgan fingerprint density at radius 3 is 2.30 bits per heavy atom.